The molecule has 0 aromatic carbocycles. The van der Waals surface area contributed by atoms with Crippen LogP contribution in [0.15, 0.2) is 0 Å². The maximum Gasteiger partial charge on any atom is 0.303 e. The Morgan fingerprint density at radius 3 is 2.61 bits per heavy atom. The molecule has 5 heteroatoms. The van der Waals surface area contributed by atoms with E-state index in [0.29, 0.717) is 24.4 Å². The smallest absolute Gasteiger partial charge is 0.303 e. The van der Waals surface area contributed by atoms with Crippen LogP contribution >= 0.6 is 0 Å². The monoisotopic (exact) mass is 324 g/mol. The average molecular weight is 324 g/mol. The maximum absolute atomic E-state index is 12.6. The van der Waals surface area contributed by atoms with E-state index < -0.39 is 5.97 Å². The summed E-state index contributed by atoms with van der Waals surface area (Å²) in [4.78, 5) is 27.5. The van der Waals surface area contributed by atoms with E-state index in [0.717, 1.165) is 38.8 Å². The number of aliphatic carboxylic acids is 1. The van der Waals surface area contributed by atoms with E-state index in [2.05, 4.69) is 11.8 Å². The molecule has 1 saturated carbocycles. The van der Waals surface area contributed by atoms with Crippen LogP contribution in [0.5, 0.6) is 0 Å². The zero-order chi connectivity index (χ0) is 16.8. The van der Waals surface area contributed by atoms with E-state index >= 15 is 0 Å². The van der Waals surface area contributed by atoms with E-state index in [1.54, 1.807) is 0 Å². The molecule has 1 aliphatic carbocycles. The molecule has 3 unspecified atom stereocenters. The molecule has 0 radical (unpaired) electrons. The third-order valence-corrected chi connectivity index (χ3v) is 5.69. The molecule has 1 heterocycles. The molecule has 0 spiro atoms. The third kappa shape index (κ3) is 5.48. The molecular weight excluding hydrogens is 292 g/mol. The molecule has 1 N–H and O–H groups in total. The predicted molar refractivity (Wildman–Crippen MR) is 90.2 cm³/mol. The number of nitrogens with zero attached hydrogens (tertiary/aromatic N) is 2. The number of likely N-dealkylation sites (tertiary alicyclic amines) is 1. The topological polar surface area (TPSA) is 60.9 Å². The van der Waals surface area contributed by atoms with Gasteiger partial charge in [-0.15, -0.1) is 0 Å². The van der Waals surface area contributed by atoms with Gasteiger partial charge in [-0.25, -0.2) is 0 Å². The number of piperidine rings is 1. The average Bonchev–Trinajstić information content (AvgIpc) is 2.53. The van der Waals surface area contributed by atoms with Gasteiger partial charge in [0.1, 0.15) is 0 Å². The van der Waals surface area contributed by atoms with Gasteiger partial charge in [0.05, 0.1) is 6.54 Å². The molecule has 0 bridgehead atoms. The van der Waals surface area contributed by atoms with Crippen LogP contribution in [0.25, 0.3) is 0 Å². The number of amides is 1. The lowest BCUT2D eigenvalue weighted by Gasteiger charge is -2.38. The lowest BCUT2D eigenvalue weighted by Crippen LogP contribution is -2.48. The maximum atomic E-state index is 12.6. The van der Waals surface area contributed by atoms with Crippen LogP contribution in [0.1, 0.15) is 58.3 Å². The fraction of sp³-hybridized carbons (Fsp3) is 0.889. The summed E-state index contributed by atoms with van der Waals surface area (Å²) in [5, 5.41) is 8.82. The summed E-state index contributed by atoms with van der Waals surface area (Å²) < 4.78 is 0. The largest absolute Gasteiger partial charge is 0.481 e. The molecular formula is C18H32N2O3. The van der Waals surface area contributed by atoms with Gasteiger partial charge in [-0.3, -0.25) is 14.5 Å². The Balaban J connectivity index is 1.80. The first kappa shape index (κ1) is 18.2. The number of hydrogen-bond donors (Lipinski definition) is 1. The van der Waals surface area contributed by atoms with Crippen LogP contribution in [-0.4, -0.2) is 59.5 Å². The minimum Gasteiger partial charge on any atom is -0.481 e. The second-order valence-electron chi connectivity index (χ2n) is 7.51. The zero-order valence-electron chi connectivity index (χ0n) is 14.7. The minimum atomic E-state index is -0.718. The summed E-state index contributed by atoms with van der Waals surface area (Å²) >= 11 is 0. The van der Waals surface area contributed by atoms with Crippen molar-refractivity contribution in [2.45, 2.75) is 64.3 Å². The molecule has 5 nitrogen and oxygen atoms in total. The van der Waals surface area contributed by atoms with Gasteiger partial charge in [-0.1, -0.05) is 19.8 Å². The van der Waals surface area contributed by atoms with E-state index in [-0.39, 0.29) is 12.3 Å². The fourth-order valence-corrected chi connectivity index (χ4v) is 4.22. The van der Waals surface area contributed by atoms with E-state index in [9.17, 15) is 9.59 Å². The van der Waals surface area contributed by atoms with Crippen molar-refractivity contribution in [3.05, 3.63) is 0 Å². The molecule has 2 rings (SSSR count). The normalized spacial score (nSPS) is 29.2. The highest BCUT2D eigenvalue weighted by molar-refractivity contribution is 5.78. The van der Waals surface area contributed by atoms with Crippen molar-refractivity contribution in [3.8, 4) is 0 Å². The summed E-state index contributed by atoms with van der Waals surface area (Å²) in [7, 11) is 1.96. The molecule has 1 aliphatic heterocycles. The van der Waals surface area contributed by atoms with Crippen molar-refractivity contribution < 1.29 is 14.7 Å². The van der Waals surface area contributed by atoms with Crippen LogP contribution in [0.2, 0.25) is 0 Å². The van der Waals surface area contributed by atoms with Crippen molar-refractivity contribution in [2.75, 3.05) is 26.7 Å². The summed E-state index contributed by atoms with van der Waals surface area (Å²) in [6.45, 7) is 4.58. The number of rotatable bonds is 6. The molecule has 2 fully saturated rings. The Morgan fingerprint density at radius 1 is 1.17 bits per heavy atom. The highest BCUT2D eigenvalue weighted by Crippen LogP contribution is 2.28. The van der Waals surface area contributed by atoms with Crippen LogP contribution in [0, 0.1) is 11.8 Å². The lowest BCUT2D eigenvalue weighted by molar-refractivity contribution is -0.138. The van der Waals surface area contributed by atoms with Gasteiger partial charge in [0.15, 0.2) is 0 Å². The van der Waals surface area contributed by atoms with E-state index in [1.165, 1.54) is 19.3 Å². The Bertz CT molecular complexity index is 413. The Labute approximate surface area is 140 Å². The third-order valence-electron chi connectivity index (χ3n) is 5.69. The SMILES string of the molecule is CC1CCCCC1N(C)C(=O)CN1CCCC(CCC(=O)O)C1. The molecule has 1 amide bonds. The lowest BCUT2D eigenvalue weighted by atomic mass is 9.85. The van der Waals surface area contributed by atoms with Crippen molar-refractivity contribution in [1.82, 2.24) is 9.80 Å². The first-order valence-electron chi connectivity index (χ1n) is 9.17. The number of carboxylic acids is 1. The van der Waals surface area contributed by atoms with Crippen molar-refractivity contribution in [1.29, 1.82) is 0 Å². The first-order chi connectivity index (χ1) is 11.0. The van der Waals surface area contributed by atoms with Crippen LogP contribution in [-0.2, 0) is 9.59 Å². The summed E-state index contributed by atoms with van der Waals surface area (Å²) in [6.07, 6.45) is 8.01. The second kappa shape index (κ2) is 8.67. The van der Waals surface area contributed by atoms with Gasteiger partial charge in [0.2, 0.25) is 5.91 Å². The number of hydrogen-bond acceptors (Lipinski definition) is 3. The number of carboxylic acid groups (broad SMARTS) is 1. The fourth-order valence-electron chi connectivity index (χ4n) is 4.22. The predicted octanol–water partition coefficient (Wildman–Crippen LogP) is 2.60. The van der Waals surface area contributed by atoms with Gasteiger partial charge >= 0.3 is 5.97 Å². The highest BCUT2D eigenvalue weighted by Gasteiger charge is 2.29. The van der Waals surface area contributed by atoms with Gasteiger partial charge in [-0.2, -0.15) is 0 Å². The Hall–Kier alpha value is -1.10. The van der Waals surface area contributed by atoms with E-state index in [1.807, 2.05) is 11.9 Å². The summed E-state index contributed by atoms with van der Waals surface area (Å²) in [5.74, 6) is 0.529. The zero-order valence-corrected chi connectivity index (χ0v) is 14.7. The van der Waals surface area contributed by atoms with Crippen LogP contribution < -0.4 is 0 Å². The van der Waals surface area contributed by atoms with Crippen molar-refractivity contribution >= 4 is 11.9 Å². The molecule has 0 aromatic rings. The number of likely N-dealkylation sites (N-methyl/N-ethyl adjacent to an activating group) is 1. The second-order valence-corrected chi connectivity index (χ2v) is 7.51. The standard InChI is InChI=1S/C18H32N2O3/c1-14-6-3-4-8-16(14)19(2)17(21)13-20-11-5-7-15(12-20)9-10-18(22)23/h14-16H,3-13H2,1-2H3,(H,22,23). The Kier molecular flexibility index (Phi) is 6.88. The number of carbonyl (C=O) groups is 2. The molecule has 132 valence electrons. The van der Waals surface area contributed by atoms with Crippen LogP contribution in [0.3, 0.4) is 0 Å². The van der Waals surface area contributed by atoms with Gasteiger partial charge in [0.25, 0.3) is 0 Å². The quantitative estimate of drug-likeness (QED) is 0.816. The van der Waals surface area contributed by atoms with Gasteiger partial charge in [-0.05, 0) is 50.5 Å². The molecule has 2 aliphatic rings. The van der Waals surface area contributed by atoms with Crippen LogP contribution in [0.4, 0.5) is 0 Å². The summed E-state index contributed by atoms with van der Waals surface area (Å²) in [5.41, 5.74) is 0. The van der Waals surface area contributed by atoms with Gasteiger partial charge in [0, 0.05) is 26.1 Å². The van der Waals surface area contributed by atoms with Crippen molar-refractivity contribution in [3.63, 3.8) is 0 Å². The summed E-state index contributed by atoms with van der Waals surface area (Å²) in [6, 6.07) is 0.392. The highest BCUT2D eigenvalue weighted by atomic mass is 16.4. The molecule has 0 aromatic heterocycles. The first-order valence-corrected chi connectivity index (χ1v) is 9.17. The van der Waals surface area contributed by atoms with Crippen molar-refractivity contribution in [2.24, 2.45) is 11.8 Å². The minimum absolute atomic E-state index is 0.225. The molecule has 3 atom stereocenters. The molecule has 23 heavy (non-hydrogen) atoms. The van der Waals surface area contributed by atoms with E-state index in [4.69, 9.17) is 5.11 Å². The molecule has 1 saturated heterocycles. The number of carbonyl (C=O) groups excluding carboxylic acids is 1. The Morgan fingerprint density at radius 2 is 1.91 bits per heavy atom. The van der Waals surface area contributed by atoms with Gasteiger partial charge < -0.3 is 10.0 Å².